The van der Waals surface area contributed by atoms with Crippen LogP contribution in [0.3, 0.4) is 0 Å². The number of aliphatic imine (C=N–C) groups is 1. The highest BCUT2D eigenvalue weighted by atomic mass is 16.7. The van der Waals surface area contributed by atoms with Crippen LogP contribution in [-0.2, 0) is 4.84 Å². The topological polar surface area (TPSA) is 33.6 Å². The number of hydroxylamine groups is 1. The van der Waals surface area contributed by atoms with E-state index in [-0.39, 0.29) is 6.17 Å². The maximum absolute atomic E-state index is 5.30. The minimum atomic E-state index is 0.155. The fourth-order valence-corrected chi connectivity index (χ4v) is 1.93. The second-order valence-electron chi connectivity index (χ2n) is 4.41. The van der Waals surface area contributed by atoms with Crippen LogP contribution in [0.4, 0.5) is 0 Å². The molecule has 1 heterocycles. The van der Waals surface area contributed by atoms with Crippen molar-refractivity contribution in [2.24, 2.45) is 10.9 Å². The van der Waals surface area contributed by atoms with Gasteiger partial charge in [0.1, 0.15) is 6.17 Å². The molecule has 0 aromatic heterocycles. The minimum Gasteiger partial charge on any atom is -0.391 e. The molecular weight excluding hydrogens is 188 g/mol. The highest BCUT2D eigenvalue weighted by Gasteiger charge is 2.25. The molecule has 0 spiro atoms. The quantitative estimate of drug-likeness (QED) is 0.723. The van der Waals surface area contributed by atoms with E-state index in [0.29, 0.717) is 5.92 Å². The van der Waals surface area contributed by atoms with Gasteiger partial charge in [0.2, 0.25) is 5.90 Å². The predicted octanol–water partition coefficient (Wildman–Crippen LogP) is 3.26. The van der Waals surface area contributed by atoms with E-state index in [0.717, 1.165) is 5.90 Å². The number of rotatable bonds is 1. The summed E-state index contributed by atoms with van der Waals surface area (Å²) >= 11 is 0. The van der Waals surface area contributed by atoms with E-state index in [2.05, 4.69) is 24.3 Å². The molecule has 1 aliphatic carbocycles. The molecule has 0 aromatic carbocycles. The van der Waals surface area contributed by atoms with Crippen LogP contribution in [0.2, 0.25) is 0 Å². The Morgan fingerprint density at radius 1 is 1.27 bits per heavy atom. The normalized spacial score (nSPS) is 26.3. The van der Waals surface area contributed by atoms with Crippen LogP contribution in [0.5, 0.6) is 0 Å². The molecule has 1 atom stereocenters. The van der Waals surface area contributed by atoms with Gasteiger partial charge in [-0.25, -0.2) is 4.99 Å². The summed E-state index contributed by atoms with van der Waals surface area (Å²) in [6.07, 6.45) is 7.97. The summed E-state index contributed by atoms with van der Waals surface area (Å²) in [5.74, 6) is 1.54. The van der Waals surface area contributed by atoms with Crippen LogP contribution >= 0.6 is 0 Å². The molecule has 1 unspecified atom stereocenters. The molecular formula is C12H24N2O. The van der Waals surface area contributed by atoms with Crippen molar-refractivity contribution in [3.63, 3.8) is 0 Å². The molecule has 15 heavy (non-hydrogen) atoms. The Bertz CT molecular complexity index is 198. The third-order valence-corrected chi connectivity index (χ3v) is 2.61. The van der Waals surface area contributed by atoms with E-state index < -0.39 is 0 Å². The van der Waals surface area contributed by atoms with Crippen LogP contribution < -0.4 is 5.48 Å². The summed E-state index contributed by atoms with van der Waals surface area (Å²) in [6.45, 7) is 6.26. The molecule has 3 heteroatoms. The van der Waals surface area contributed by atoms with Crippen molar-refractivity contribution < 1.29 is 4.84 Å². The molecule has 0 amide bonds. The van der Waals surface area contributed by atoms with Crippen molar-refractivity contribution in [3.8, 4) is 0 Å². The van der Waals surface area contributed by atoms with Gasteiger partial charge in [-0.05, 0) is 19.8 Å². The summed E-state index contributed by atoms with van der Waals surface area (Å²) in [5.41, 5.74) is 2.86. The van der Waals surface area contributed by atoms with Gasteiger partial charge in [0.25, 0.3) is 0 Å². The first kappa shape index (κ1) is 12.5. The van der Waals surface area contributed by atoms with Gasteiger partial charge in [0.15, 0.2) is 0 Å². The van der Waals surface area contributed by atoms with E-state index >= 15 is 0 Å². The lowest BCUT2D eigenvalue weighted by atomic mass is 9.89. The molecule has 2 aliphatic rings. The third kappa shape index (κ3) is 4.20. The molecule has 0 saturated heterocycles. The fourth-order valence-electron chi connectivity index (χ4n) is 1.93. The predicted molar refractivity (Wildman–Crippen MR) is 63.7 cm³/mol. The molecule has 0 radical (unpaired) electrons. The van der Waals surface area contributed by atoms with Crippen LogP contribution in [0.25, 0.3) is 0 Å². The average Bonchev–Trinajstić information content (AvgIpc) is 2.67. The number of nitrogens with zero attached hydrogens (tertiary/aromatic N) is 1. The van der Waals surface area contributed by atoms with Crippen LogP contribution in [0.15, 0.2) is 4.99 Å². The van der Waals surface area contributed by atoms with Gasteiger partial charge >= 0.3 is 0 Å². The largest absolute Gasteiger partial charge is 0.391 e. The van der Waals surface area contributed by atoms with E-state index in [4.69, 9.17) is 4.84 Å². The molecule has 1 fully saturated rings. The summed E-state index contributed by atoms with van der Waals surface area (Å²) in [7, 11) is 0. The van der Waals surface area contributed by atoms with Crippen molar-refractivity contribution in [2.75, 3.05) is 0 Å². The molecule has 88 valence electrons. The molecule has 2 rings (SSSR count). The lowest BCUT2D eigenvalue weighted by molar-refractivity contribution is 0.168. The lowest BCUT2D eigenvalue weighted by Gasteiger charge is -2.19. The maximum atomic E-state index is 5.30. The molecule has 1 N–H and O–H groups in total. The Kier molecular flexibility index (Phi) is 5.69. The Hall–Kier alpha value is -0.570. The average molecular weight is 212 g/mol. The standard InChI is InChI=1S/C9H16N2O.C3H8/c1-7-10-9(12-11-7)8-5-3-2-4-6-8;1-3-2/h7-8,11H,2-6H2,1H3;3H2,1-2H3. The lowest BCUT2D eigenvalue weighted by Crippen LogP contribution is -2.22. The Balaban J connectivity index is 0.000000337. The van der Waals surface area contributed by atoms with Gasteiger partial charge in [0, 0.05) is 5.92 Å². The minimum absolute atomic E-state index is 0.155. The van der Waals surface area contributed by atoms with Gasteiger partial charge in [0.05, 0.1) is 0 Å². The molecule has 1 saturated carbocycles. The SMILES string of the molecule is CC1N=C(C2CCCCC2)ON1.CCC. The zero-order chi connectivity index (χ0) is 11.1. The fraction of sp³-hybridized carbons (Fsp3) is 0.917. The molecule has 3 nitrogen and oxygen atoms in total. The van der Waals surface area contributed by atoms with Crippen LogP contribution in [-0.4, -0.2) is 12.1 Å². The number of hydrogen-bond acceptors (Lipinski definition) is 3. The van der Waals surface area contributed by atoms with Crippen LogP contribution in [0, 0.1) is 5.92 Å². The van der Waals surface area contributed by atoms with E-state index in [1.165, 1.54) is 38.5 Å². The third-order valence-electron chi connectivity index (χ3n) is 2.61. The first-order chi connectivity index (χ1) is 7.27. The Morgan fingerprint density at radius 2 is 1.87 bits per heavy atom. The van der Waals surface area contributed by atoms with E-state index in [9.17, 15) is 0 Å². The summed E-state index contributed by atoms with van der Waals surface area (Å²) in [6, 6.07) is 0. The van der Waals surface area contributed by atoms with Crippen molar-refractivity contribution in [2.45, 2.75) is 65.5 Å². The monoisotopic (exact) mass is 212 g/mol. The molecule has 0 aromatic rings. The van der Waals surface area contributed by atoms with Crippen LogP contribution in [0.1, 0.15) is 59.3 Å². The number of hydrogen-bond donors (Lipinski definition) is 1. The number of nitrogens with one attached hydrogen (secondary N) is 1. The molecule has 0 bridgehead atoms. The maximum Gasteiger partial charge on any atom is 0.214 e. The Morgan fingerprint density at radius 3 is 2.33 bits per heavy atom. The highest BCUT2D eigenvalue weighted by molar-refractivity contribution is 5.79. The van der Waals surface area contributed by atoms with Crippen molar-refractivity contribution in [1.29, 1.82) is 0 Å². The van der Waals surface area contributed by atoms with Crippen molar-refractivity contribution in [1.82, 2.24) is 5.48 Å². The second-order valence-corrected chi connectivity index (χ2v) is 4.41. The summed E-state index contributed by atoms with van der Waals surface area (Å²) < 4.78 is 0. The van der Waals surface area contributed by atoms with E-state index in [1.807, 2.05) is 6.92 Å². The van der Waals surface area contributed by atoms with Gasteiger partial charge in [-0.15, -0.1) is 5.48 Å². The summed E-state index contributed by atoms with van der Waals surface area (Å²) in [5, 5.41) is 0. The first-order valence-electron chi connectivity index (χ1n) is 6.28. The highest BCUT2D eigenvalue weighted by Crippen LogP contribution is 2.26. The Labute approximate surface area is 93.3 Å². The van der Waals surface area contributed by atoms with Crippen molar-refractivity contribution in [3.05, 3.63) is 0 Å². The first-order valence-corrected chi connectivity index (χ1v) is 6.28. The molecule has 1 aliphatic heterocycles. The van der Waals surface area contributed by atoms with Gasteiger partial charge in [-0.2, -0.15) is 0 Å². The van der Waals surface area contributed by atoms with Gasteiger partial charge in [-0.1, -0.05) is 39.5 Å². The second kappa shape index (κ2) is 6.83. The van der Waals surface area contributed by atoms with Gasteiger partial charge < -0.3 is 4.84 Å². The summed E-state index contributed by atoms with van der Waals surface area (Å²) in [4.78, 5) is 9.70. The van der Waals surface area contributed by atoms with Crippen molar-refractivity contribution >= 4 is 5.90 Å². The zero-order valence-corrected chi connectivity index (χ0v) is 10.3. The van der Waals surface area contributed by atoms with E-state index in [1.54, 1.807) is 0 Å². The van der Waals surface area contributed by atoms with Gasteiger partial charge in [-0.3, -0.25) is 0 Å². The smallest absolute Gasteiger partial charge is 0.214 e. The zero-order valence-electron chi connectivity index (χ0n) is 10.3.